The summed E-state index contributed by atoms with van der Waals surface area (Å²) in [4.78, 5) is 0. The molecule has 2 heteroatoms. The lowest BCUT2D eigenvalue weighted by molar-refractivity contribution is 0.856. The molecule has 0 N–H and O–H groups in total. The van der Waals surface area contributed by atoms with Gasteiger partial charge < -0.3 is 9.13 Å². The van der Waals surface area contributed by atoms with Gasteiger partial charge in [-0.05, 0) is 34.4 Å². The fraction of sp³-hybridized carbons (Fsp3) is 0.0625. The first-order valence-electron chi connectivity index (χ1n) is 12.0. The van der Waals surface area contributed by atoms with Crippen LogP contribution in [0.1, 0.15) is 11.1 Å². The third kappa shape index (κ3) is 1.84. The average molecular weight is 433 g/mol. The summed E-state index contributed by atoms with van der Waals surface area (Å²) < 4.78 is 5.14. The first-order valence-corrected chi connectivity index (χ1v) is 12.0. The number of nitrogens with zero attached hydrogens (tertiary/aromatic N) is 2. The Morgan fingerprint density at radius 1 is 0.441 bits per heavy atom. The SMILES string of the molecule is c1ccc2c(c1)Cn1c3ccccc3c3c4c5c(c-2c31)c1ccccc1n5Cc1ccccc1-4. The summed E-state index contributed by atoms with van der Waals surface area (Å²) in [6.45, 7) is 1.83. The molecular formula is C32H20N2. The monoisotopic (exact) mass is 432 g/mol. The van der Waals surface area contributed by atoms with E-state index in [0.717, 1.165) is 13.1 Å². The largest absolute Gasteiger partial charge is 0.335 e. The van der Waals surface area contributed by atoms with Crippen molar-refractivity contribution in [2.45, 2.75) is 13.1 Å². The average Bonchev–Trinajstić information content (AvgIpc) is 3.40. The van der Waals surface area contributed by atoms with Crippen molar-refractivity contribution in [3.8, 4) is 22.3 Å². The minimum absolute atomic E-state index is 0.915. The van der Waals surface area contributed by atoms with Crippen LogP contribution in [0.25, 0.3) is 65.9 Å². The molecule has 0 spiro atoms. The molecular weight excluding hydrogens is 412 g/mol. The predicted octanol–water partition coefficient (Wildman–Crippen LogP) is 7.96. The normalized spacial score (nSPS) is 13.6. The van der Waals surface area contributed by atoms with E-state index in [0.29, 0.717) is 0 Å². The molecule has 2 aliphatic heterocycles. The van der Waals surface area contributed by atoms with E-state index in [9.17, 15) is 0 Å². The fourth-order valence-corrected chi connectivity index (χ4v) is 6.87. The summed E-state index contributed by atoms with van der Waals surface area (Å²) >= 11 is 0. The Kier molecular flexibility index (Phi) is 2.93. The third-order valence-electron chi connectivity index (χ3n) is 8.15. The highest BCUT2D eigenvalue weighted by Crippen LogP contribution is 2.54. The van der Waals surface area contributed by atoms with E-state index in [1.807, 2.05) is 0 Å². The molecule has 5 aromatic carbocycles. The second-order valence-electron chi connectivity index (χ2n) is 9.72. The van der Waals surface area contributed by atoms with Crippen molar-refractivity contribution in [3.63, 3.8) is 0 Å². The van der Waals surface area contributed by atoms with E-state index in [-0.39, 0.29) is 0 Å². The van der Waals surface area contributed by atoms with Gasteiger partial charge in [-0.25, -0.2) is 0 Å². The van der Waals surface area contributed by atoms with Crippen LogP contribution in [0.15, 0.2) is 97.1 Å². The van der Waals surface area contributed by atoms with Gasteiger partial charge in [-0.2, -0.15) is 0 Å². The summed E-state index contributed by atoms with van der Waals surface area (Å²) in [5.41, 5.74) is 13.8. The molecule has 0 fully saturated rings. The lowest BCUT2D eigenvalue weighted by atomic mass is 9.85. The van der Waals surface area contributed by atoms with E-state index in [2.05, 4.69) is 106 Å². The second-order valence-corrected chi connectivity index (χ2v) is 9.72. The quantitative estimate of drug-likeness (QED) is 0.230. The zero-order valence-corrected chi connectivity index (χ0v) is 18.5. The summed E-state index contributed by atoms with van der Waals surface area (Å²) in [5, 5.41) is 5.53. The first-order chi connectivity index (χ1) is 16.9. The van der Waals surface area contributed by atoms with Crippen LogP contribution < -0.4 is 0 Å². The number of benzene rings is 5. The number of para-hydroxylation sites is 2. The summed E-state index contributed by atoms with van der Waals surface area (Å²) in [5.74, 6) is 0. The van der Waals surface area contributed by atoms with Crippen molar-refractivity contribution >= 4 is 43.6 Å². The van der Waals surface area contributed by atoms with Gasteiger partial charge in [-0.1, -0.05) is 84.9 Å². The molecule has 9 rings (SSSR count). The number of hydrogen-bond donors (Lipinski definition) is 0. The third-order valence-corrected chi connectivity index (χ3v) is 8.15. The molecule has 0 aliphatic carbocycles. The molecule has 2 aliphatic rings. The van der Waals surface area contributed by atoms with Crippen LogP contribution in [0.5, 0.6) is 0 Å². The van der Waals surface area contributed by atoms with Crippen molar-refractivity contribution in [2.24, 2.45) is 0 Å². The van der Waals surface area contributed by atoms with Crippen LogP contribution in [0, 0.1) is 0 Å². The highest BCUT2D eigenvalue weighted by molar-refractivity contribution is 6.33. The predicted molar refractivity (Wildman–Crippen MR) is 142 cm³/mol. The van der Waals surface area contributed by atoms with E-state index >= 15 is 0 Å². The van der Waals surface area contributed by atoms with E-state index in [1.54, 1.807) is 0 Å². The minimum atomic E-state index is 0.915. The van der Waals surface area contributed by atoms with Crippen LogP contribution in [-0.2, 0) is 13.1 Å². The number of rotatable bonds is 0. The Hall–Kier alpha value is -4.30. The van der Waals surface area contributed by atoms with Crippen LogP contribution in [-0.4, -0.2) is 9.13 Å². The summed E-state index contributed by atoms with van der Waals surface area (Å²) in [6, 6.07) is 36.0. The molecule has 2 aromatic heterocycles. The molecule has 2 nitrogen and oxygen atoms in total. The lowest BCUT2D eigenvalue weighted by Crippen LogP contribution is -2.10. The minimum Gasteiger partial charge on any atom is -0.335 e. The molecule has 0 saturated carbocycles. The summed E-state index contributed by atoms with van der Waals surface area (Å²) in [6.07, 6.45) is 0. The van der Waals surface area contributed by atoms with Gasteiger partial charge in [-0.3, -0.25) is 0 Å². The molecule has 158 valence electrons. The zero-order valence-electron chi connectivity index (χ0n) is 18.5. The maximum Gasteiger partial charge on any atom is 0.0588 e. The number of aromatic nitrogens is 2. The van der Waals surface area contributed by atoms with Gasteiger partial charge in [0.2, 0.25) is 0 Å². The van der Waals surface area contributed by atoms with Crippen molar-refractivity contribution in [3.05, 3.63) is 108 Å². The van der Waals surface area contributed by atoms with Gasteiger partial charge in [0.25, 0.3) is 0 Å². The molecule has 34 heavy (non-hydrogen) atoms. The van der Waals surface area contributed by atoms with Gasteiger partial charge in [0.05, 0.1) is 11.0 Å². The first kappa shape index (κ1) is 17.2. The zero-order chi connectivity index (χ0) is 22.0. The van der Waals surface area contributed by atoms with Gasteiger partial charge in [0, 0.05) is 56.8 Å². The Labute approximate surface area is 196 Å². The molecule has 0 radical (unpaired) electrons. The van der Waals surface area contributed by atoms with Gasteiger partial charge in [0.1, 0.15) is 0 Å². The van der Waals surface area contributed by atoms with Crippen molar-refractivity contribution in [1.82, 2.24) is 9.13 Å². The molecule has 7 aromatic rings. The molecule has 0 saturated heterocycles. The highest BCUT2D eigenvalue weighted by atomic mass is 15.0. The maximum atomic E-state index is 2.57. The molecule has 0 amide bonds. The number of hydrogen-bond acceptors (Lipinski definition) is 0. The highest BCUT2D eigenvalue weighted by Gasteiger charge is 2.32. The molecule has 4 heterocycles. The fourth-order valence-electron chi connectivity index (χ4n) is 6.87. The van der Waals surface area contributed by atoms with Crippen LogP contribution in [0.3, 0.4) is 0 Å². The van der Waals surface area contributed by atoms with Crippen molar-refractivity contribution in [1.29, 1.82) is 0 Å². The molecule has 0 atom stereocenters. The maximum absolute atomic E-state index is 2.57. The lowest BCUT2D eigenvalue weighted by Gasteiger charge is -2.26. The number of fused-ring (bicyclic) bond motifs is 12. The van der Waals surface area contributed by atoms with Gasteiger partial charge in [0.15, 0.2) is 0 Å². The van der Waals surface area contributed by atoms with Gasteiger partial charge in [-0.15, -0.1) is 0 Å². The molecule has 0 bridgehead atoms. The van der Waals surface area contributed by atoms with Crippen LogP contribution in [0.2, 0.25) is 0 Å². The Morgan fingerprint density at radius 2 is 0.853 bits per heavy atom. The molecule has 0 unspecified atom stereocenters. The van der Waals surface area contributed by atoms with Crippen LogP contribution >= 0.6 is 0 Å². The Balaban J connectivity index is 1.70. The van der Waals surface area contributed by atoms with E-state index < -0.39 is 0 Å². The summed E-state index contributed by atoms with van der Waals surface area (Å²) in [7, 11) is 0. The Morgan fingerprint density at radius 3 is 1.35 bits per heavy atom. The Bertz CT molecular complexity index is 1870. The van der Waals surface area contributed by atoms with Crippen LogP contribution in [0.4, 0.5) is 0 Å². The second kappa shape index (κ2) is 5.78. The topological polar surface area (TPSA) is 9.86 Å². The van der Waals surface area contributed by atoms with Gasteiger partial charge >= 0.3 is 0 Å². The standard InChI is InChI=1S/C32H20N2/c1-3-11-21-19(9-1)17-33-25-15-7-5-13-23(25)30-28-22-12-4-2-10-20(22)18-34-26-16-8-6-14-24(26)29(32(28)34)27(21)31(30)33/h1-16H,17-18H2. The smallest absolute Gasteiger partial charge is 0.0588 e. The van der Waals surface area contributed by atoms with Crippen molar-refractivity contribution < 1.29 is 0 Å². The van der Waals surface area contributed by atoms with E-state index in [1.165, 1.54) is 77.0 Å². The van der Waals surface area contributed by atoms with E-state index in [4.69, 9.17) is 0 Å². The van der Waals surface area contributed by atoms with Crippen molar-refractivity contribution in [2.75, 3.05) is 0 Å².